The highest BCUT2D eigenvalue weighted by atomic mass is 79.9. The summed E-state index contributed by atoms with van der Waals surface area (Å²) < 4.78 is 14.6. The minimum Gasteiger partial charge on any atom is -0.341 e. The number of carbonyl (C=O) groups excluding carboxylic acids is 1. The van der Waals surface area contributed by atoms with Crippen molar-refractivity contribution in [3.63, 3.8) is 0 Å². The first kappa shape index (κ1) is 19.2. The highest BCUT2D eigenvalue weighted by Gasteiger charge is 2.13. The molecule has 3 aromatic rings. The maximum atomic E-state index is 13.8. The smallest absolute Gasteiger partial charge is 0.222 e. The van der Waals surface area contributed by atoms with Crippen LogP contribution >= 0.6 is 15.9 Å². The predicted octanol–water partition coefficient (Wildman–Crippen LogP) is 3.68. The summed E-state index contributed by atoms with van der Waals surface area (Å²) in [4.78, 5) is 15.3. The Bertz CT molecular complexity index is 915. The molecule has 0 saturated heterocycles. The van der Waals surface area contributed by atoms with E-state index in [-0.39, 0.29) is 18.3 Å². The van der Waals surface area contributed by atoms with Gasteiger partial charge in [0.2, 0.25) is 11.7 Å². The minimum atomic E-state index is -0.321. The lowest BCUT2D eigenvalue weighted by molar-refractivity contribution is -0.130. The standard InChI is InChI=1S/C19H19BrFN5O/c1-25(13-15-12-16(20)9-10-17(15)21)18(27)8-5-11-26-23-19(22-24-26)14-6-3-2-4-7-14/h2-4,6-7,9-10,12H,5,8,11,13H2,1H3. The Morgan fingerprint density at radius 2 is 2.00 bits per heavy atom. The minimum absolute atomic E-state index is 0.0576. The molecule has 1 aromatic heterocycles. The van der Waals surface area contributed by atoms with Gasteiger partial charge in [0.15, 0.2) is 0 Å². The second kappa shape index (κ2) is 8.85. The summed E-state index contributed by atoms with van der Waals surface area (Å²) in [6, 6.07) is 14.3. The monoisotopic (exact) mass is 431 g/mol. The van der Waals surface area contributed by atoms with Crippen molar-refractivity contribution in [1.82, 2.24) is 25.1 Å². The molecule has 27 heavy (non-hydrogen) atoms. The van der Waals surface area contributed by atoms with Crippen LogP contribution in [0.2, 0.25) is 0 Å². The fourth-order valence-electron chi connectivity index (χ4n) is 2.61. The average Bonchev–Trinajstić information content (AvgIpc) is 3.14. The molecule has 6 nitrogen and oxygen atoms in total. The summed E-state index contributed by atoms with van der Waals surface area (Å²) in [6.45, 7) is 0.717. The van der Waals surface area contributed by atoms with Crippen molar-refractivity contribution in [1.29, 1.82) is 0 Å². The average molecular weight is 432 g/mol. The highest BCUT2D eigenvalue weighted by molar-refractivity contribution is 9.10. The number of amides is 1. The third kappa shape index (κ3) is 5.19. The molecule has 2 aromatic carbocycles. The van der Waals surface area contributed by atoms with Gasteiger partial charge in [0.1, 0.15) is 5.82 Å². The SMILES string of the molecule is CN(Cc1cc(Br)ccc1F)C(=O)CCCn1nnc(-c2ccccc2)n1. The molecule has 8 heteroatoms. The van der Waals surface area contributed by atoms with Gasteiger partial charge in [0.25, 0.3) is 0 Å². The Labute approximate surface area is 165 Å². The molecule has 0 N–H and O–H groups in total. The van der Waals surface area contributed by atoms with Gasteiger partial charge in [-0.15, -0.1) is 10.2 Å². The normalized spacial score (nSPS) is 10.8. The van der Waals surface area contributed by atoms with Gasteiger partial charge in [-0.3, -0.25) is 4.79 Å². The number of benzene rings is 2. The lowest BCUT2D eigenvalue weighted by Crippen LogP contribution is -2.26. The molecule has 0 fully saturated rings. The third-order valence-corrected chi connectivity index (χ3v) is 4.57. The van der Waals surface area contributed by atoms with Crippen LogP contribution < -0.4 is 0 Å². The fraction of sp³-hybridized carbons (Fsp3) is 0.263. The van der Waals surface area contributed by atoms with Crippen molar-refractivity contribution in [2.24, 2.45) is 0 Å². The van der Waals surface area contributed by atoms with E-state index >= 15 is 0 Å². The van der Waals surface area contributed by atoms with Crippen molar-refractivity contribution in [3.8, 4) is 11.4 Å². The fourth-order valence-corrected chi connectivity index (χ4v) is 3.02. The molecular formula is C19H19BrFN5O. The van der Waals surface area contributed by atoms with Crippen LogP contribution in [-0.4, -0.2) is 38.1 Å². The van der Waals surface area contributed by atoms with Gasteiger partial charge in [-0.2, -0.15) is 4.80 Å². The number of aromatic nitrogens is 4. The van der Waals surface area contributed by atoms with Gasteiger partial charge in [-0.25, -0.2) is 4.39 Å². The molecule has 0 unspecified atom stereocenters. The third-order valence-electron chi connectivity index (χ3n) is 4.07. The number of hydrogen-bond acceptors (Lipinski definition) is 4. The first-order valence-corrected chi connectivity index (χ1v) is 9.33. The first-order valence-electron chi connectivity index (χ1n) is 8.54. The molecule has 0 aliphatic rings. The Balaban J connectivity index is 1.49. The molecule has 0 spiro atoms. The summed E-state index contributed by atoms with van der Waals surface area (Å²) in [7, 11) is 1.67. The summed E-state index contributed by atoms with van der Waals surface area (Å²) >= 11 is 3.32. The zero-order chi connectivity index (χ0) is 19.2. The molecule has 0 atom stereocenters. The molecule has 1 amide bonds. The van der Waals surface area contributed by atoms with Gasteiger partial charge in [0.05, 0.1) is 6.54 Å². The molecule has 0 aliphatic carbocycles. The Morgan fingerprint density at radius 1 is 1.22 bits per heavy atom. The molecule has 3 rings (SSSR count). The van der Waals surface area contributed by atoms with Crippen LogP contribution in [-0.2, 0) is 17.9 Å². The number of tetrazole rings is 1. The second-order valence-corrected chi connectivity index (χ2v) is 7.08. The topological polar surface area (TPSA) is 63.9 Å². The highest BCUT2D eigenvalue weighted by Crippen LogP contribution is 2.17. The van der Waals surface area contributed by atoms with Gasteiger partial charge in [0, 0.05) is 35.6 Å². The quantitative estimate of drug-likeness (QED) is 0.572. The predicted molar refractivity (Wildman–Crippen MR) is 103 cm³/mol. The number of hydrogen-bond donors (Lipinski definition) is 0. The molecule has 140 valence electrons. The molecule has 0 aliphatic heterocycles. The molecule has 0 radical (unpaired) electrons. The number of aryl methyl sites for hydroxylation is 1. The van der Waals surface area contributed by atoms with E-state index in [9.17, 15) is 9.18 Å². The van der Waals surface area contributed by atoms with Crippen molar-refractivity contribution >= 4 is 21.8 Å². The van der Waals surface area contributed by atoms with E-state index < -0.39 is 0 Å². The number of nitrogens with zero attached hydrogens (tertiary/aromatic N) is 5. The summed E-state index contributed by atoms with van der Waals surface area (Å²) in [5.41, 5.74) is 1.38. The van der Waals surface area contributed by atoms with E-state index in [0.717, 1.165) is 10.0 Å². The molecule has 1 heterocycles. The zero-order valence-corrected chi connectivity index (χ0v) is 16.4. The van der Waals surface area contributed by atoms with Crippen LogP contribution in [0.3, 0.4) is 0 Å². The van der Waals surface area contributed by atoms with E-state index in [1.54, 1.807) is 19.2 Å². The molecule has 0 saturated carbocycles. The van der Waals surface area contributed by atoms with Crippen molar-refractivity contribution < 1.29 is 9.18 Å². The lowest BCUT2D eigenvalue weighted by atomic mass is 10.2. The van der Waals surface area contributed by atoms with Crippen LogP contribution in [0.5, 0.6) is 0 Å². The zero-order valence-electron chi connectivity index (χ0n) is 14.8. The van der Waals surface area contributed by atoms with Crippen molar-refractivity contribution in [3.05, 3.63) is 64.4 Å². The maximum absolute atomic E-state index is 13.8. The van der Waals surface area contributed by atoms with Crippen LogP contribution in [0.25, 0.3) is 11.4 Å². The van der Waals surface area contributed by atoms with E-state index in [1.165, 1.54) is 15.8 Å². The van der Waals surface area contributed by atoms with E-state index in [2.05, 4.69) is 31.3 Å². The second-order valence-electron chi connectivity index (χ2n) is 6.16. The summed E-state index contributed by atoms with van der Waals surface area (Å²) in [6.07, 6.45) is 0.906. The van der Waals surface area contributed by atoms with Gasteiger partial charge in [-0.05, 0) is 29.8 Å². The van der Waals surface area contributed by atoms with Crippen molar-refractivity contribution in [2.45, 2.75) is 25.9 Å². The number of rotatable bonds is 7. The lowest BCUT2D eigenvalue weighted by Gasteiger charge is -2.17. The van der Waals surface area contributed by atoms with Crippen LogP contribution in [0, 0.1) is 5.82 Å². The van der Waals surface area contributed by atoms with E-state index in [4.69, 9.17) is 0 Å². The van der Waals surface area contributed by atoms with Gasteiger partial charge in [-0.1, -0.05) is 46.3 Å². The first-order chi connectivity index (χ1) is 13.0. The van der Waals surface area contributed by atoms with Crippen LogP contribution in [0.4, 0.5) is 4.39 Å². The largest absolute Gasteiger partial charge is 0.341 e. The number of halogens is 2. The van der Waals surface area contributed by atoms with E-state index in [0.29, 0.717) is 30.8 Å². The van der Waals surface area contributed by atoms with Gasteiger partial charge < -0.3 is 4.90 Å². The molecule has 0 bridgehead atoms. The Morgan fingerprint density at radius 3 is 2.78 bits per heavy atom. The molecular weight excluding hydrogens is 413 g/mol. The van der Waals surface area contributed by atoms with Crippen molar-refractivity contribution in [2.75, 3.05) is 7.05 Å². The summed E-state index contributed by atoms with van der Waals surface area (Å²) in [5.74, 6) is 0.181. The Hall–Kier alpha value is -2.61. The summed E-state index contributed by atoms with van der Waals surface area (Å²) in [5, 5.41) is 12.4. The maximum Gasteiger partial charge on any atom is 0.222 e. The van der Waals surface area contributed by atoms with Crippen LogP contribution in [0.1, 0.15) is 18.4 Å². The number of carbonyl (C=O) groups is 1. The van der Waals surface area contributed by atoms with Gasteiger partial charge >= 0.3 is 0 Å². The Kier molecular flexibility index (Phi) is 6.28. The van der Waals surface area contributed by atoms with E-state index in [1.807, 2.05) is 30.3 Å². The van der Waals surface area contributed by atoms with Crippen LogP contribution in [0.15, 0.2) is 53.0 Å².